The number of unbranched alkanes of at least 4 members (excludes halogenated alkanes) is 1. The molecule has 0 unspecified atom stereocenters. The molecule has 0 aliphatic rings. The van der Waals surface area contributed by atoms with Crippen LogP contribution in [-0.4, -0.2) is 41.8 Å². The molecular weight excluding hydrogens is 382 g/mol. The molecule has 1 amide bonds. The summed E-state index contributed by atoms with van der Waals surface area (Å²) < 4.78 is 19.6. The van der Waals surface area contributed by atoms with E-state index in [0.717, 1.165) is 29.9 Å². The van der Waals surface area contributed by atoms with E-state index >= 15 is 0 Å². The lowest BCUT2D eigenvalue weighted by Gasteiger charge is -2.10. The first-order valence-corrected chi connectivity index (χ1v) is 9.65. The van der Waals surface area contributed by atoms with Gasteiger partial charge in [-0.2, -0.15) is 0 Å². The SMILES string of the molecule is CCCCOc1ccc(/C=C/C(=O)Nc2snnc2C(=O)OCC)cc1OC. The second kappa shape index (κ2) is 11.0. The second-order valence-electron chi connectivity index (χ2n) is 5.61. The van der Waals surface area contributed by atoms with Crippen molar-refractivity contribution < 1.29 is 23.8 Å². The Labute approximate surface area is 167 Å². The van der Waals surface area contributed by atoms with E-state index in [2.05, 4.69) is 21.8 Å². The molecule has 0 bridgehead atoms. The summed E-state index contributed by atoms with van der Waals surface area (Å²) in [5.74, 6) is 0.208. The zero-order valence-electron chi connectivity index (χ0n) is 16.1. The molecule has 2 rings (SSSR count). The van der Waals surface area contributed by atoms with Gasteiger partial charge in [-0.05, 0) is 37.1 Å². The first kappa shape index (κ1) is 21.4. The summed E-state index contributed by atoms with van der Waals surface area (Å²) in [6.07, 6.45) is 4.99. The molecular formula is C19H23N3O5S. The Morgan fingerprint density at radius 1 is 1.25 bits per heavy atom. The highest BCUT2D eigenvalue weighted by atomic mass is 32.1. The van der Waals surface area contributed by atoms with Gasteiger partial charge in [-0.3, -0.25) is 4.79 Å². The normalized spacial score (nSPS) is 10.7. The quantitative estimate of drug-likeness (QED) is 0.366. The molecule has 0 aliphatic carbocycles. The minimum absolute atomic E-state index is 0.0103. The maximum absolute atomic E-state index is 12.2. The Balaban J connectivity index is 2.02. The molecule has 0 saturated carbocycles. The van der Waals surface area contributed by atoms with Gasteiger partial charge in [0.1, 0.15) is 0 Å². The van der Waals surface area contributed by atoms with Gasteiger partial charge in [0.2, 0.25) is 11.6 Å². The number of anilines is 1. The van der Waals surface area contributed by atoms with E-state index in [1.54, 1.807) is 32.2 Å². The van der Waals surface area contributed by atoms with Crippen LogP contribution in [0.4, 0.5) is 5.00 Å². The van der Waals surface area contributed by atoms with E-state index in [4.69, 9.17) is 14.2 Å². The third-order valence-electron chi connectivity index (χ3n) is 3.56. The van der Waals surface area contributed by atoms with Crippen molar-refractivity contribution in [2.45, 2.75) is 26.7 Å². The van der Waals surface area contributed by atoms with Gasteiger partial charge in [0.15, 0.2) is 16.5 Å². The summed E-state index contributed by atoms with van der Waals surface area (Å²) in [6.45, 7) is 4.62. The summed E-state index contributed by atoms with van der Waals surface area (Å²) in [5, 5.41) is 6.52. The van der Waals surface area contributed by atoms with Gasteiger partial charge in [-0.15, -0.1) is 5.10 Å². The number of rotatable bonds is 10. The Hall–Kier alpha value is -2.94. The highest BCUT2D eigenvalue weighted by Gasteiger charge is 2.18. The molecule has 0 atom stereocenters. The number of amides is 1. The summed E-state index contributed by atoms with van der Waals surface area (Å²) in [5.41, 5.74) is 0.756. The van der Waals surface area contributed by atoms with Crippen molar-refractivity contribution in [2.75, 3.05) is 25.6 Å². The lowest BCUT2D eigenvalue weighted by Crippen LogP contribution is -2.12. The molecule has 9 heteroatoms. The smallest absolute Gasteiger partial charge is 0.362 e. The number of ether oxygens (including phenoxy) is 3. The van der Waals surface area contributed by atoms with Crippen molar-refractivity contribution >= 4 is 34.5 Å². The van der Waals surface area contributed by atoms with Crippen molar-refractivity contribution in [3.63, 3.8) is 0 Å². The molecule has 1 N–H and O–H groups in total. The molecule has 2 aromatic rings. The fraction of sp³-hybridized carbons (Fsp3) is 0.368. The monoisotopic (exact) mass is 405 g/mol. The molecule has 8 nitrogen and oxygen atoms in total. The maximum atomic E-state index is 12.2. The summed E-state index contributed by atoms with van der Waals surface area (Å²) >= 11 is 0.907. The van der Waals surface area contributed by atoms with Gasteiger partial charge in [0.05, 0.1) is 20.3 Å². The van der Waals surface area contributed by atoms with Crippen LogP contribution in [0.2, 0.25) is 0 Å². The van der Waals surface area contributed by atoms with E-state index in [0.29, 0.717) is 18.1 Å². The Morgan fingerprint density at radius 2 is 2.07 bits per heavy atom. The fourth-order valence-electron chi connectivity index (χ4n) is 2.16. The van der Waals surface area contributed by atoms with Gasteiger partial charge in [-0.25, -0.2) is 4.79 Å². The number of benzene rings is 1. The van der Waals surface area contributed by atoms with Crippen LogP contribution in [0.1, 0.15) is 42.7 Å². The van der Waals surface area contributed by atoms with Crippen LogP contribution in [0.3, 0.4) is 0 Å². The van der Waals surface area contributed by atoms with E-state index in [9.17, 15) is 9.59 Å². The average molecular weight is 405 g/mol. The predicted molar refractivity (Wildman–Crippen MR) is 107 cm³/mol. The number of nitrogens with one attached hydrogen (secondary N) is 1. The Morgan fingerprint density at radius 3 is 2.79 bits per heavy atom. The molecule has 1 aromatic carbocycles. The van der Waals surface area contributed by atoms with Gasteiger partial charge in [-0.1, -0.05) is 23.9 Å². The molecule has 0 radical (unpaired) electrons. The molecule has 1 heterocycles. The second-order valence-corrected chi connectivity index (χ2v) is 6.36. The van der Waals surface area contributed by atoms with Crippen molar-refractivity contribution in [1.29, 1.82) is 0 Å². The largest absolute Gasteiger partial charge is 0.493 e. The van der Waals surface area contributed by atoms with Crippen LogP contribution >= 0.6 is 11.5 Å². The zero-order valence-corrected chi connectivity index (χ0v) is 16.9. The number of hydrogen-bond donors (Lipinski definition) is 1. The van der Waals surface area contributed by atoms with E-state index < -0.39 is 11.9 Å². The Bertz CT molecular complexity index is 835. The number of esters is 1. The van der Waals surface area contributed by atoms with Crippen molar-refractivity contribution in [1.82, 2.24) is 9.59 Å². The van der Waals surface area contributed by atoms with E-state index in [1.165, 1.54) is 6.08 Å². The topological polar surface area (TPSA) is 99.6 Å². The summed E-state index contributed by atoms with van der Waals surface area (Å²) in [4.78, 5) is 23.9. The highest BCUT2D eigenvalue weighted by molar-refractivity contribution is 7.10. The van der Waals surface area contributed by atoms with Gasteiger partial charge in [0, 0.05) is 17.6 Å². The van der Waals surface area contributed by atoms with Crippen LogP contribution in [0.25, 0.3) is 6.08 Å². The molecule has 150 valence electrons. The van der Waals surface area contributed by atoms with Crippen LogP contribution in [0.5, 0.6) is 11.5 Å². The summed E-state index contributed by atoms with van der Waals surface area (Å²) in [7, 11) is 1.57. The molecule has 0 aliphatic heterocycles. The van der Waals surface area contributed by atoms with E-state index in [1.807, 2.05) is 6.07 Å². The average Bonchev–Trinajstić information content (AvgIpc) is 3.15. The van der Waals surface area contributed by atoms with Crippen molar-refractivity contribution in [3.05, 3.63) is 35.5 Å². The van der Waals surface area contributed by atoms with Gasteiger partial charge < -0.3 is 19.5 Å². The van der Waals surface area contributed by atoms with Crippen molar-refractivity contribution in [2.24, 2.45) is 0 Å². The van der Waals surface area contributed by atoms with Crippen LogP contribution < -0.4 is 14.8 Å². The predicted octanol–water partition coefficient (Wildman–Crippen LogP) is 3.55. The molecule has 0 saturated heterocycles. The third-order valence-corrected chi connectivity index (χ3v) is 4.21. The number of aromatic nitrogens is 2. The minimum atomic E-state index is -0.626. The highest BCUT2D eigenvalue weighted by Crippen LogP contribution is 2.28. The summed E-state index contributed by atoms with van der Waals surface area (Å²) in [6, 6.07) is 5.41. The molecule has 0 fully saturated rings. The molecule has 28 heavy (non-hydrogen) atoms. The maximum Gasteiger partial charge on any atom is 0.362 e. The van der Waals surface area contributed by atoms with Crippen LogP contribution in [0.15, 0.2) is 24.3 Å². The molecule has 1 aromatic heterocycles. The lowest BCUT2D eigenvalue weighted by atomic mass is 10.2. The zero-order chi connectivity index (χ0) is 20.4. The Kier molecular flexibility index (Phi) is 8.41. The van der Waals surface area contributed by atoms with E-state index in [-0.39, 0.29) is 17.3 Å². The number of methoxy groups -OCH3 is 1. The third kappa shape index (κ3) is 6.05. The van der Waals surface area contributed by atoms with Crippen molar-refractivity contribution in [3.8, 4) is 11.5 Å². The lowest BCUT2D eigenvalue weighted by molar-refractivity contribution is -0.111. The number of carbonyl (C=O) groups is 2. The first-order chi connectivity index (χ1) is 13.6. The molecule has 0 spiro atoms. The number of hydrogen-bond acceptors (Lipinski definition) is 8. The van der Waals surface area contributed by atoms with Crippen LogP contribution in [-0.2, 0) is 9.53 Å². The number of nitrogens with zero attached hydrogens (tertiary/aromatic N) is 2. The van der Waals surface area contributed by atoms with Crippen LogP contribution in [0, 0.1) is 0 Å². The minimum Gasteiger partial charge on any atom is -0.493 e. The van der Waals surface area contributed by atoms with Gasteiger partial charge >= 0.3 is 5.97 Å². The standard InChI is InChI=1S/C19H23N3O5S/c1-4-6-11-27-14-9-7-13(12-15(14)25-3)8-10-16(23)20-18-17(21-22-28-18)19(24)26-5-2/h7-10,12H,4-6,11H2,1-3H3,(H,20,23)/b10-8+. The first-order valence-electron chi connectivity index (χ1n) is 8.88. The van der Waals surface area contributed by atoms with Gasteiger partial charge in [0.25, 0.3) is 0 Å². The number of carbonyl (C=O) groups excluding carboxylic acids is 2. The fourth-order valence-corrected chi connectivity index (χ4v) is 2.73.